The second-order valence-corrected chi connectivity index (χ2v) is 19.7. The quantitative estimate of drug-likeness (QED) is 0.0124. The van der Waals surface area contributed by atoms with Crippen molar-refractivity contribution in [2.75, 3.05) is 39.5 Å². The summed E-state index contributed by atoms with van der Waals surface area (Å²) in [6.07, 6.45) is -1.39. The van der Waals surface area contributed by atoms with Crippen LogP contribution in [-0.4, -0.2) is 87.5 Å². The normalized spacial score (nSPS) is 10.9. The summed E-state index contributed by atoms with van der Waals surface area (Å²) >= 11 is 0. The summed E-state index contributed by atoms with van der Waals surface area (Å²) in [6.45, 7) is 27.1. The maximum Gasteiger partial charge on any atom is 0.412 e. The topological polar surface area (TPSA) is 234 Å². The Morgan fingerprint density at radius 3 is 1.22 bits per heavy atom. The van der Waals surface area contributed by atoms with Gasteiger partial charge < -0.3 is 48.5 Å². The molecule has 0 saturated heterocycles. The first kappa shape index (κ1) is 64.2. The van der Waals surface area contributed by atoms with Gasteiger partial charge in [0.1, 0.15) is 36.2 Å². The van der Waals surface area contributed by atoms with E-state index < -0.39 is 53.9 Å². The predicted molar refractivity (Wildman–Crippen MR) is 311 cm³/mol. The van der Waals surface area contributed by atoms with Crippen LogP contribution in [0.2, 0.25) is 0 Å². The monoisotopic (exact) mass is 1130 g/mol. The van der Waals surface area contributed by atoms with Gasteiger partial charge in [-0.05, 0) is 167 Å². The number of carbonyl (C=O) groups is 8. The van der Waals surface area contributed by atoms with E-state index in [0.29, 0.717) is 66.9 Å². The Kier molecular flexibility index (Phi) is 23.9. The van der Waals surface area contributed by atoms with Crippen LogP contribution < -0.4 is 29.6 Å². The molecule has 0 aliphatic carbocycles. The Bertz CT molecular complexity index is 3120. The first-order valence-electron chi connectivity index (χ1n) is 26.6. The average molecular weight is 1140 g/mol. The van der Waals surface area contributed by atoms with Crippen LogP contribution in [0.4, 0.5) is 9.59 Å². The zero-order chi connectivity index (χ0) is 60.9. The third kappa shape index (κ3) is 19.3. The molecule has 2 N–H and O–H groups in total. The minimum atomic E-state index is -0.870. The Hall–Kier alpha value is -9.58. The van der Waals surface area contributed by atoms with E-state index in [-0.39, 0.29) is 105 Å². The molecule has 0 aromatic heterocycles. The van der Waals surface area contributed by atoms with Crippen LogP contribution >= 0.6 is 0 Å². The fourth-order valence-corrected chi connectivity index (χ4v) is 8.16. The molecule has 0 fully saturated rings. The Morgan fingerprint density at radius 2 is 0.795 bits per heavy atom. The van der Waals surface area contributed by atoms with E-state index in [9.17, 15) is 38.4 Å². The number of benzene rings is 5. The van der Waals surface area contributed by atoms with Crippen LogP contribution in [0.25, 0.3) is 22.3 Å². The summed E-state index contributed by atoms with van der Waals surface area (Å²) in [5, 5.41) is 5.22. The molecule has 18 nitrogen and oxygen atoms in total. The molecule has 0 saturated carbocycles. The van der Waals surface area contributed by atoms with Crippen LogP contribution in [0.1, 0.15) is 98.2 Å². The summed E-state index contributed by atoms with van der Waals surface area (Å²) in [4.78, 5) is 102. The van der Waals surface area contributed by atoms with Crippen molar-refractivity contribution in [1.82, 2.24) is 10.6 Å². The van der Waals surface area contributed by atoms with Crippen molar-refractivity contribution in [2.45, 2.75) is 87.0 Å². The fraction of sp³-hybridized carbons (Fsp3) is 0.292. The van der Waals surface area contributed by atoms with Gasteiger partial charge >= 0.3 is 48.0 Å². The summed E-state index contributed by atoms with van der Waals surface area (Å²) in [5.74, 6) is -3.45. The second-order valence-electron chi connectivity index (χ2n) is 19.7. The van der Waals surface area contributed by atoms with Crippen molar-refractivity contribution in [3.05, 3.63) is 179 Å². The minimum absolute atomic E-state index is 0.00595. The van der Waals surface area contributed by atoms with Crippen LogP contribution in [0, 0.1) is 27.7 Å². The number of ether oxygens (including phenoxy) is 8. The Balaban J connectivity index is 1.65. The zero-order valence-electron chi connectivity index (χ0n) is 48.2. The van der Waals surface area contributed by atoms with Gasteiger partial charge in [-0.1, -0.05) is 68.8 Å². The molecular formula is C65H70N2O16. The number of hydrogen-bond acceptors (Lipinski definition) is 16. The van der Waals surface area contributed by atoms with Crippen LogP contribution in [0.15, 0.2) is 140 Å². The van der Waals surface area contributed by atoms with E-state index in [4.69, 9.17) is 37.9 Å². The summed E-state index contributed by atoms with van der Waals surface area (Å²) in [7, 11) is 0. The van der Waals surface area contributed by atoms with Crippen molar-refractivity contribution in [1.29, 1.82) is 0 Å². The third-order valence-electron chi connectivity index (χ3n) is 12.3. The molecule has 5 rings (SSSR count). The van der Waals surface area contributed by atoms with Crippen LogP contribution in [0.3, 0.4) is 0 Å². The molecule has 436 valence electrons. The summed E-state index contributed by atoms with van der Waals surface area (Å²) in [6, 6.07) is 27.3. The molecule has 1 atom stereocenters. The van der Waals surface area contributed by atoms with E-state index in [1.165, 1.54) is 27.7 Å². The smallest absolute Gasteiger partial charge is 0.412 e. The zero-order valence-corrected chi connectivity index (χ0v) is 48.2. The lowest BCUT2D eigenvalue weighted by Gasteiger charge is -2.27. The van der Waals surface area contributed by atoms with Crippen molar-refractivity contribution in [3.63, 3.8) is 0 Å². The molecule has 0 bridgehead atoms. The van der Waals surface area contributed by atoms with E-state index in [0.717, 1.165) is 0 Å². The highest BCUT2D eigenvalue weighted by Crippen LogP contribution is 2.47. The van der Waals surface area contributed by atoms with Crippen molar-refractivity contribution < 1.29 is 76.3 Å². The van der Waals surface area contributed by atoms with Gasteiger partial charge in [0.25, 0.3) is 0 Å². The van der Waals surface area contributed by atoms with Gasteiger partial charge in [0.15, 0.2) is 0 Å². The summed E-state index contributed by atoms with van der Waals surface area (Å²) in [5.41, 5.74) is 7.46. The van der Waals surface area contributed by atoms with E-state index in [1.54, 1.807) is 52.0 Å². The van der Waals surface area contributed by atoms with Gasteiger partial charge in [0.05, 0.1) is 26.3 Å². The largest absolute Gasteiger partial charge is 0.462 e. The van der Waals surface area contributed by atoms with Gasteiger partial charge in [-0.2, -0.15) is 0 Å². The molecule has 0 heterocycles. The first-order chi connectivity index (χ1) is 39.4. The molecule has 18 heteroatoms. The SMILES string of the molecule is C=C(C)C(=O)OCCCC(=O)Oc1ccc(-c2cc(C)c(OC(=O)CCCOC(=O)C(=C)C)c(C(c3ccccc3)c3cc(-c4ccc(OC(=O)NCCOC(=O)C(=C)C)c(C)c4)cc(C)c3OC(=O)NCCOC(=O)C(=C)C)c2)cc1C. The lowest BCUT2D eigenvalue weighted by atomic mass is 9.80. The van der Waals surface area contributed by atoms with E-state index in [2.05, 4.69) is 36.9 Å². The lowest BCUT2D eigenvalue weighted by Crippen LogP contribution is -2.31. The van der Waals surface area contributed by atoms with Crippen LogP contribution in [0.5, 0.6) is 23.0 Å². The molecule has 5 aromatic rings. The molecule has 0 aliphatic rings. The Labute approximate surface area is 483 Å². The standard InChI is InChI=1S/C65H70N2O16/c1-38(2)60(70)76-28-16-20-55(68)80-53-24-22-47(32-42(53)9)49-34-44(11)58(82-56(69)21-17-29-77-61(71)39(3)4)51(36-49)57(46-18-14-13-15-19-46)52-37-50(35-45(12)59(52)83-65(75)67-27-31-79-63(73)41(7)8)48-23-25-54(43(10)33-48)81-64(74)66-26-30-78-62(72)40(5)6/h13-15,18-19,22-25,32-37,57H,1,3,5,7,16-17,20-21,26-31H2,2,4,6,8-12H3,(H,66,74)(H,67,75). The highest BCUT2D eigenvalue weighted by molar-refractivity contribution is 5.88. The molecule has 0 radical (unpaired) electrons. The van der Waals surface area contributed by atoms with Crippen molar-refractivity contribution >= 4 is 48.0 Å². The fourth-order valence-electron chi connectivity index (χ4n) is 8.16. The lowest BCUT2D eigenvalue weighted by molar-refractivity contribution is -0.141. The number of esters is 6. The molecule has 2 amide bonds. The highest BCUT2D eigenvalue weighted by atomic mass is 16.6. The number of rotatable bonds is 27. The average Bonchev–Trinajstić information content (AvgIpc) is 3.64. The second kappa shape index (κ2) is 30.9. The van der Waals surface area contributed by atoms with Gasteiger partial charge in [0.2, 0.25) is 0 Å². The van der Waals surface area contributed by atoms with Gasteiger partial charge in [-0.3, -0.25) is 9.59 Å². The van der Waals surface area contributed by atoms with Crippen LogP contribution in [-0.2, 0) is 47.7 Å². The molecule has 0 spiro atoms. The maximum atomic E-state index is 14.0. The third-order valence-corrected chi connectivity index (χ3v) is 12.3. The van der Waals surface area contributed by atoms with E-state index in [1.807, 2.05) is 66.7 Å². The predicted octanol–water partition coefficient (Wildman–Crippen LogP) is 11.5. The molecule has 5 aromatic carbocycles. The minimum Gasteiger partial charge on any atom is -0.462 e. The van der Waals surface area contributed by atoms with E-state index >= 15 is 0 Å². The first-order valence-corrected chi connectivity index (χ1v) is 26.6. The number of hydrogen-bond donors (Lipinski definition) is 2. The molecule has 1 unspecified atom stereocenters. The van der Waals surface area contributed by atoms with Crippen molar-refractivity contribution in [3.8, 4) is 45.3 Å². The van der Waals surface area contributed by atoms with Gasteiger partial charge in [-0.15, -0.1) is 0 Å². The molecule has 0 aliphatic heterocycles. The number of nitrogens with one attached hydrogen (secondary N) is 2. The van der Waals surface area contributed by atoms with Gasteiger partial charge in [-0.25, -0.2) is 28.8 Å². The molecule has 83 heavy (non-hydrogen) atoms. The summed E-state index contributed by atoms with van der Waals surface area (Å²) < 4.78 is 44.6. The number of aryl methyl sites for hydroxylation is 4. The highest BCUT2D eigenvalue weighted by Gasteiger charge is 2.30. The van der Waals surface area contributed by atoms with Gasteiger partial charge in [0, 0.05) is 52.2 Å². The maximum absolute atomic E-state index is 14.0. The Morgan fingerprint density at radius 1 is 0.422 bits per heavy atom. The van der Waals surface area contributed by atoms with Crippen molar-refractivity contribution in [2.24, 2.45) is 0 Å². The number of carbonyl (C=O) groups excluding carboxylic acids is 8. The molecular weight excluding hydrogens is 1060 g/mol. The number of amides is 2.